The zero-order valence-electron chi connectivity index (χ0n) is 35.8. The minimum Gasteiger partial charge on any atom is -0.248 e. The van der Waals surface area contributed by atoms with Crippen LogP contribution in [0.25, 0.3) is 88.9 Å². The molecule has 0 spiro atoms. The van der Waals surface area contributed by atoms with Gasteiger partial charge in [-0.25, -0.2) is 4.98 Å². The van der Waals surface area contributed by atoms with Crippen LogP contribution in [0.1, 0.15) is 22.3 Å². The van der Waals surface area contributed by atoms with Crippen LogP contribution in [-0.4, -0.2) is 4.98 Å². The van der Waals surface area contributed by atoms with Crippen LogP contribution in [0, 0.1) is 0 Å². The fourth-order valence-electron chi connectivity index (χ4n) is 10.3. The molecule has 0 fully saturated rings. The van der Waals surface area contributed by atoms with Gasteiger partial charge in [-0.05, 0) is 113 Å². The van der Waals surface area contributed by atoms with Gasteiger partial charge in [0, 0.05) is 11.1 Å². The molecule has 0 N–H and O–H groups in total. The molecule has 11 aromatic rings. The van der Waals surface area contributed by atoms with Crippen molar-refractivity contribution in [1.29, 1.82) is 0 Å². The van der Waals surface area contributed by atoms with E-state index in [1.807, 2.05) is 6.07 Å². The Bertz CT molecular complexity index is 3380. The van der Waals surface area contributed by atoms with E-state index >= 15 is 0 Å². The summed E-state index contributed by atoms with van der Waals surface area (Å²) in [5.74, 6) is 0. The molecule has 1 aliphatic rings. The van der Waals surface area contributed by atoms with Crippen molar-refractivity contribution in [3.05, 3.63) is 283 Å². The Kier molecular flexibility index (Phi) is 9.46. The highest BCUT2D eigenvalue weighted by molar-refractivity contribution is 6.03. The largest absolute Gasteiger partial charge is 0.248 e. The molecule has 1 aliphatic carbocycles. The second-order valence-corrected chi connectivity index (χ2v) is 17.0. The maximum Gasteiger partial charge on any atom is 0.0715 e. The number of pyridine rings is 1. The summed E-state index contributed by atoms with van der Waals surface area (Å²) in [5, 5.41) is 2.48. The van der Waals surface area contributed by atoms with Crippen molar-refractivity contribution >= 4 is 10.8 Å². The van der Waals surface area contributed by atoms with Gasteiger partial charge in [0.15, 0.2) is 0 Å². The standard InChI is InChI=1S/C64H43N/c1-5-18-44(19-6-1)51-40-62(49-21-7-2-8-22-49)65-63(41-51)50-38-34-46(35-39-50)45-32-36-48(37-33-45)57-43-61-59(42-58(57)55-30-17-23-47-20-13-14-28-54(47)55)56-29-15-16-31-60(56)64(61,52-24-9-3-10-25-52)53-26-11-4-12-27-53/h1-43H. The van der Waals surface area contributed by atoms with E-state index in [9.17, 15) is 0 Å². The Hall–Kier alpha value is -8.39. The molecule has 1 nitrogen and oxygen atoms in total. The topological polar surface area (TPSA) is 12.9 Å². The van der Waals surface area contributed by atoms with Gasteiger partial charge in [0.25, 0.3) is 0 Å². The second kappa shape index (κ2) is 16.1. The van der Waals surface area contributed by atoms with E-state index in [1.165, 1.54) is 77.5 Å². The van der Waals surface area contributed by atoms with E-state index in [0.717, 1.165) is 33.6 Å². The summed E-state index contributed by atoms with van der Waals surface area (Å²) >= 11 is 0. The summed E-state index contributed by atoms with van der Waals surface area (Å²) in [7, 11) is 0. The molecular formula is C64H43N. The van der Waals surface area contributed by atoms with Gasteiger partial charge in [-0.1, -0.05) is 237 Å². The summed E-state index contributed by atoms with van der Waals surface area (Å²) in [5.41, 5.74) is 20.8. The molecule has 1 heterocycles. The molecule has 12 rings (SSSR count). The Labute approximate surface area is 380 Å². The summed E-state index contributed by atoms with van der Waals surface area (Å²) in [6.07, 6.45) is 0. The van der Waals surface area contributed by atoms with Gasteiger partial charge in [0.2, 0.25) is 0 Å². The summed E-state index contributed by atoms with van der Waals surface area (Å²) in [6, 6.07) is 95.1. The molecule has 0 bridgehead atoms. The number of nitrogens with zero attached hydrogens (tertiary/aromatic N) is 1. The number of aromatic nitrogens is 1. The number of hydrogen-bond donors (Lipinski definition) is 0. The van der Waals surface area contributed by atoms with Crippen LogP contribution in [-0.2, 0) is 5.41 Å². The fraction of sp³-hybridized carbons (Fsp3) is 0.0156. The first-order valence-corrected chi connectivity index (χ1v) is 22.4. The molecule has 0 unspecified atom stereocenters. The first kappa shape index (κ1) is 38.3. The second-order valence-electron chi connectivity index (χ2n) is 17.0. The van der Waals surface area contributed by atoms with E-state index < -0.39 is 5.41 Å². The SMILES string of the molecule is c1ccc(-c2cc(-c3ccccc3)nc(-c3ccc(-c4ccc(-c5cc6c(cc5-c5cccc7ccccc57)-c5ccccc5C6(c5ccccc5)c5ccccc5)cc4)cc3)c2)cc1. The van der Waals surface area contributed by atoms with Gasteiger partial charge in [0.05, 0.1) is 16.8 Å². The van der Waals surface area contributed by atoms with Gasteiger partial charge in [0.1, 0.15) is 0 Å². The van der Waals surface area contributed by atoms with Crippen molar-refractivity contribution in [3.63, 3.8) is 0 Å². The van der Waals surface area contributed by atoms with Crippen LogP contribution in [0.4, 0.5) is 0 Å². The van der Waals surface area contributed by atoms with Crippen LogP contribution >= 0.6 is 0 Å². The van der Waals surface area contributed by atoms with E-state index in [1.54, 1.807) is 0 Å². The minimum atomic E-state index is -0.500. The lowest BCUT2D eigenvalue weighted by atomic mass is 9.67. The van der Waals surface area contributed by atoms with Crippen LogP contribution in [0.3, 0.4) is 0 Å². The first-order valence-electron chi connectivity index (χ1n) is 22.4. The average molecular weight is 826 g/mol. The molecule has 1 aromatic heterocycles. The van der Waals surface area contributed by atoms with Crippen LogP contribution in [0.2, 0.25) is 0 Å². The van der Waals surface area contributed by atoms with Gasteiger partial charge >= 0.3 is 0 Å². The molecule has 0 saturated heterocycles. The summed E-state index contributed by atoms with van der Waals surface area (Å²) in [4.78, 5) is 5.19. The maximum atomic E-state index is 5.19. The molecule has 0 atom stereocenters. The highest BCUT2D eigenvalue weighted by atomic mass is 14.7. The van der Waals surface area contributed by atoms with Gasteiger partial charge in [-0.3, -0.25) is 0 Å². The van der Waals surface area contributed by atoms with Crippen molar-refractivity contribution in [2.75, 3.05) is 0 Å². The summed E-state index contributed by atoms with van der Waals surface area (Å²) in [6.45, 7) is 0. The van der Waals surface area contributed by atoms with E-state index in [0.29, 0.717) is 0 Å². The third-order valence-electron chi connectivity index (χ3n) is 13.4. The maximum absolute atomic E-state index is 5.19. The number of hydrogen-bond acceptors (Lipinski definition) is 1. The smallest absolute Gasteiger partial charge is 0.0715 e. The Morgan fingerprint density at radius 1 is 0.246 bits per heavy atom. The molecule has 1 heteroatoms. The van der Waals surface area contributed by atoms with Crippen molar-refractivity contribution in [1.82, 2.24) is 4.98 Å². The predicted octanol–water partition coefficient (Wildman–Crippen LogP) is 16.6. The Balaban J connectivity index is 0.993. The third kappa shape index (κ3) is 6.60. The molecule has 65 heavy (non-hydrogen) atoms. The third-order valence-corrected chi connectivity index (χ3v) is 13.4. The lowest BCUT2D eigenvalue weighted by molar-refractivity contribution is 0.769. The van der Waals surface area contributed by atoms with Gasteiger partial charge < -0.3 is 0 Å². The Morgan fingerprint density at radius 3 is 1.35 bits per heavy atom. The zero-order chi connectivity index (χ0) is 43.2. The van der Waals surface area contributed by atoms with Crippen molar-refractivity contribution in [2.45, 2.75) is 5.41 Å². The highest BCUT2D eigenvalue weighted by Gasteiger charge is 2.46. The predicted molar refractivity (Wildman–Crippen MR) is 272 cm³/mol. The first-order chi connectivity index (χ1) is 32.2. The number of fused-ring (bicyclic) bond motifs is 4. The van der Waals surface area contributed by atoms with E-state index in [2.05, 4.69) is 255 Å². The lowest BCUT2D eigenvalue weighted by Crippen LogP contribution is -2.28. The number of benzene rings is 10. The van der Waals surface area contributed by atoms with Crippen molar-refractivity contribution in [2.24, 2.45) is 0 Å². The van der Waals surface area contributed by atoms with Crippen LogP contribution in [0.5, 0.6) is 0 Å². The average Bonchev–Trinajstić information content (AvgIpc) is 3.69. The Morgan fingerprint density at radius 2 is 0.708 bits per heavy atom. The monoisotopic (exact) mass is 825 g/mol. The molecular weight excluding hydrogens is 783 g/mol. The summed E-state index contributed by atoms with van der Waals surface area (Å²) < 4.78 is 0. The minimum absolute atomic E-state index is 0.500. The van der Waals surface area contributed by atoms with E-state index in [4.69, 9.17) is 4.98 Å². The normalized spacial score (nSPS) is 12.4. The fourth-order valence-corrected chi connectivity index (χ4v) is 10.3. The molecule has 0 radical (unpaired) electrons. The zero-order valence-corrected chi connectivity index (χ0v) is 35.8. The number of rotatable bonds is 8. The molecule has 0 amide bonds. The van der Waals surface area contributed by atoms with Crippen LogP contribution < -0.4 is 0 Å². The lowest BCUT2D eigenvalue weighted by Gasteiger charge is -2.34. The molecule has 0 saturated carbocycles. The van der Waals surface area contributed by atoms with Crippen molar-refractivity contribution < 1.29 is 0 Å². The van der Waals surface area contributed by atoms with Crippen molar-refractivity contribution in [3.8, 4) is 78.1 Å². The van der Waals surface area contributed by atoms with Gasteiger partial charge in [-0.2, -0.15) is 0 Å². The molecule has 0 aliphatic heterocycles. The van der Waals surface area contributed by atoms with Crippen LogP contribution in [0.15, 0.2) is 261 Å². The van der Waals surface area contributed by atoms with E-state index in [-0.39, 0.29) is 0 Å². The quantitative estimate of drug-likeness (QED) is 0.149. The van der Waals surface area contributed by atoms with Gasteiger partial charge in [-0.15, -0.1) is 0 Å². The molecule has 10 aromatic carbocycles. The highest BCUT2D eigenvalue weighted by Crippen LogP contribution is 2.58. The molecule has 304 valence electrons.